The van der Waals surface area contributed by atoms with Crippen molar-refractivity contribution in [1.82, 2.24) is 14.5 Å². The maximum absolute atomic E-state index is 6.20. The second-order valence-electron chi connectivity index (χ2n) is 7.82. The molecule has 2 saturated heterocycles. The number of nitrogen functional groups attached to an aromatic ring is 1. The van der Waals surface area contributed by atoms with Crippen molar-refractivity contribution < 1.29 is 14.2 Å². The van der Waals surface area contributed by atoms with E-state index in [4.69, 9.17) is 19.9 Å². The highest BCUT2D eigenvalue weighted by Crippen LogP contribution is 2.44. The quantitative estimate of drug-likeness (QED) is 0.643. The van der Waals surface area contributed by atoms with Crippen LogP contribution in [0.4, 0.5) is 5.82 Å². The number of rotatable bonds is 1. The molecule has 2 aliphatic heterocycles. The highest BCUT2D eigenvalue weighted by atomic mass is 16.8. The molecule has 2 N–H and O–H groups in total. The van der Waals surface area contributed by atoms with Gasteiger partial charge >= 0.3 is 0 Å². The smallest absolute Gasteiger partial charge is 0.164 e. The summed E-state index contributed by atoms with van der Waals surface area (Å²) in [5.41, 5.74) is 8.52. The third-order valence-corrected chi connectivity index (χ3v) is 5.29. The lowest BCUT2D eigenvalue weighted by atomic mass is 10.1. The molecule has 1 aromatic carbocycles. The summed E-state index contributed by atoms with van der Waals surface area (Å²) in [7, 11) is 0. The molecule has 2 aliphatic rings. The van der Waals surface area contributed by atoms with Crippen LogP contribution in [0.1, 0.15) is 38.1 Å². The van der Waals surface area contributed by atoms with Crippen molar-refractivity contribution in [1.29, 1.82) is 0 Å². The van der Waals surface area contributed by atoms with Gasteiger partial charge in [0, 0.05) is 11.8 Å². The maximum atomic E-state index is 6.20. The minimum Gasteiger partial charge on any atom is -0.383 e. The normalized spacial score (nSPS) is 27.6. The zero-order chi connectivity index (χ0) is 20.2. The second-order valence-corrected chi connectivity index (χ2v) is 7.82. The topological polar surface area (TPSA) is 84.4 Å². The molecule has 148 valence electrons. The lowest BCUT2D eigenvalue weighted by Crippen LogP contribution is -2.27. The molecular formula is C22H22N4O3. The van der Waals surface area contributed by atoms with Crippen LogP contribution >= 0.6 is 0 Å². The number of ether oxygens (including phenoxy) is 3. The van der Waals surface area contributed by atoms with Gasteiger partial charge in [-0.05, 0) is 32.9 Å². The first-order valence-electron chi connectivity index (χ1n) is 9.62. The van der Waals surface area contributed by atoms with Crippen LogP contribution < -0.4 is 5.73 Å². The average Bonchev–Trinajstić information content (AvgIpc) is 3.31. The van der Waals surface area contributed by atoms with Gasteiger partial charge in [-0.2, -0.15) is 0 Å². The van der Waals surface area contributed by atoms with Crippen molar-refractivity contribution in [3.8, 4) is 11.8 Å². The lowest BCUT2D eigenvalue weighted by Gasteiger charge is -2.24. The van der Waals surface area contributed by atoms with E-state index in [1.807, 2.05) is 61.9 Å². The van der Waals surface area contributed by atoms with E-state index in [-0.39, 0.29) is 24.5 Å². The molecule has 2 fully saturated rings. The summed E-state index contributed by atoms with van der Waals surface area (Å²) in [6.45, 7) is 5.83. The average molecular weight is 390 g/mol. The first kappa shape index (κ1) is 18.1. The fourth-order valence-corrected chi connectivity index (χ4v) is 4.06. The number of anilines is 1. The zero-order valence-corrected chi connectivity index (χ0v) is 16.5. The molecule has 4 atom stereocenters. The summed E-state index contributed by atoms with van der Waals surface area (Å²) in [5.74, 6) is 6.13. The molecule has 0 spiro atoms. The largest absolute Gasteiger partial charge is 0.383 e. The van der Waals surface area contributed by atoms with Crippen LogP contribution in [0, 0.1) is 11.8 Å². The third-order valence-electron chi connectivity index (χ3n) is 5.29. The number of fused-ring (bicyclic) bond motifs is 2. The van der Waals surface area contributed by atoms with E-state index >= 15 is 0 Å². The first-order chi connectivity index (χ1) is 13.9. The Bertz CT molecular complexity index is 1130. The van der Waals surface area contributed by atoms with Crippen LogP contribution in [0.3, 0.4) is 0 Å². The third kappa shape index (κ3) is 3.06. The van der Waals surface area contributed by atoms with Crippen molar-refractivity contribution in [2.75, 3.05) is 5.73 Å². The van der Waals surface area contributed by atoms with E-state index in [1.54, 1.807) is 0 Å². The van der Waals surface area contributed by atoms with Crippen LogP contribution in [0.25, 0.3) is 11.0 Å². The van der Waals surface area contributed by atoms with Crippen molar-refractivity contribution >= 4 is 16.9 Å². The Morgan fingerprint density at radius 3 is 2.62 bits per heavy atom. The van der Waals surface area contributed by atoms with Crippen LogP contribution in [-0.4, -0.2) is 38.6 Å². The second kappa shape index (κ2) is 6.56. The molecule has 5 rings (SSSR count). The van der Waals surface area contributed by atoms with Gasteiger partial charge in [0.25, 0.3) is 0 Å². The maximum Gasteiger partial charge on any atom is 0.164 e. The van der Waals surface area contributed by atoms with Gasteiger partial charge in [-0.15, -0.1) is 0 Å². The number of nitrogens with zero attached hydrogens (tertiary/aromatic N) is 3. The molecule has 0 bridgehead atoms. The van der Waals surface area contributed by atoms with Crippen molar-refractivity contribution in [3.05, 3.63) is 54.0 Å². The molecule has 3 aromatic rings. The van der Waals surface area contributed by atoms with Crippen LogP contribution in [0.5, 0.6) is 0 Å². The zero-order valence-electron chi connectivity index (χ0n) is 16.5. The first-order valence-corrected chi connectivity index (χ1v) is 9.62. The Morgan fingerprint density at radius 1 is 1.07 bits per heavy atom. The fraction of sp³-hybridized carbons (Fsp3) is 0.364. The highest BCUT2D eigenvalue weighted by molar-refractivity contribution is 5.92. The summed E-state index contributed by atoms with van der Waals surface area (Å²) in [4.78, 5) is 8.62. The standard InChI is InChI=1S/C22H22N4O3/c1-13-17-18(29-22(2,3)28-17)21(27-13)26-11-15(10-9-14-7-5-4-6-8-14)16-19(23)24-12-25-20(16)26/h4-8,11-13,17-18,21H,1-3H3,(H2,23,24,25)/t13-,17-,18-,21-/m1/s1. The minimum atomic E-state index is -0.654. The SMILES string of the molecule is C[C@H]1O[C@@H](n2cc(C#Cc3ccccc3)c3c(N)ncnc32)[C@@H]2OC(C)(C)O[C@@H]21. The Labute approximate surface area is 168 Å². The van der Waals surface area contributed by atoms with Gasteiger partial charge in [0.15, 0.2) is 12.0 Å². The Kier molecular flexibility index (Phi) is 4.10. The number of hydrogen-bond donors (Lipinski definition) is 1. The van der Waals surface area contributed by atoms with E-state index < -0.39 is 5.79 Å². The van der Waals surface area contributed by atoms with Crippen molar-refractivity contribution in [3.63, 3.8) is 0 Å². The van der Waals surface area contributed by atoms with Crippen LogP contribution in [-0.2, 0) is 14.2 Å². The highest BCUT2D eigenvalue weighted by Gasteiger charge is 2.54. The van der Waals surface area contributed by atoms with Crippen molar-refractivity contribution in [2.45, 2.75) is 51.1 Å². The van der Waals surface area contributed by atoms with Gasteiger partial charge in [-0.25, -0.2) is 9.97 Å². The Morgan fingerprint density at radius 2 is 1.83 bits per heavy atom. The number of hydrogen-bond acceptors (Lipinski definition) is 6. The van der Waals surface area contributed by atoms with Gasteiger partial charge in [0.05, 0.1) is 17.1 Å². The van der Waals surface area contributed by atoms with Gasteiger partial charge < -0.3 is 24.5 Å². The summed E-state index contributed by atoms with van der Waals surface area (Å²) >= 11 is 0. The summed E-state index contributed by atoms with van der Waals surface area (Å²) < 4.78 is 20.3. The molecule has 2 aromatic heterocycles. The van der Waals surface area contributed by atoms with E-state index in [0.717, 1.165) is 11.1 Å². The van der Waals surface area contributed by atoms with E-state index in [9.17, 15) is 0 Å². The molecule has 0 saturated carbocycles. The van der Waals surface area contributed by atoms with Crippen LogP contribution in [0.2, 0.25) is 0 Å². The Balaban J connectivity index is 1.61. The molecule has 0 radical (unpaired) electrons. The predicted molar refractivity (Wildman–Crippen MR) is 108 cm³/mol. The Hall–Kier alpha value is -2.92. The number of aromatic nitrogens is 3. The van der Waals surface area contributed by atoms with E-state index in [1.165, 1.54) is 6.33 Å². The fourth-order valence-electron chi connectivity index (χ4n) is 4.06. The van der Waals surface area contributed by atoms with E-state index in [2.05, 4.69) is 21.8 Å². The summed E-state index contributed by atoms with van der Waals surface area (Å²) in [6.07, 6.45) is 2.48. The summed E-state index contributed by atoms with van der Waals surface area (Å²) in [5, 5.41) is 0.716. The van der Waals surface area contributed by atoms with Gasteiger partial charge in [-0.1, -0.05) is 30.0 Å². The molecule has 0 aliphatic carbocycles. The predicted octanol–water partition coefficient (Wildman–Crippen LogP) is 2.85. The number of nitrogens with two attached hydrogens (primary N) is 1. The molecule has 7 nitrogen and oxygen atoms in total. The minimum absolute atomic E-state index is 0.109. The van der Waals surface area contributed by atoms with E-state index in [0.29, 0.717) is 16.9 Å². The molecular weight excluding hydrogens is 368 g/mol. The van der Waals surface area contributed by atoms with Gasteiger partial charge in [0.2, 0.25) is 0 Å². The lowest BCUT2D eigenvalue weighted by molar-refractivity contribution is -0.194. The van der Waals surface area contributed by atoms with Gasteiger partial charge in [0.1, 0.15) is 30.0 Å². The number of benzene rings is 1. The van der Waals surface area contributed by atoms with Crippen LogP contribution in [0.15, 0.2) is 42.9 Å². The molecule has 0 amide bonds. The summed E-state index contributed by atoms with van der Waals surface area (Å²) in [6, 6.07) is 9.80. The van der Waals surface area contributed by atoms with Crippen molar-refractivity contribution in [2.24, 2.45) is 0 Å². The monoisotopic (exact) mass is 390 g/mol. The molecule has 4 heterocycles. The molecule has 0 unspecified atom stereocenters. The molecule has 7 heteroatoms. The van der Waals surface area contributed by atoms with Gasteiger partial charge in [-0.3, -0.25) is 0 Å². The molecule has 29 heavy (non-hydrogen) atoms.